The first-order chi connectivity index (χ1) is 12.1. The largest absolute Gasteiger partial charge is 0.509 e. The molecule has 0 bridgehead atoms. The minimum absolute atomic E-state index is 0.160. The molecule has 1 saturated heterocycles. The molecule has 0 radical (unpaired) electrons. The lowest BCUT2D eigenvalue weighted by atomic mass is 9.96. The molecular formula is C19H18N2O4. The predicted octanol–water partition coefficient (Wildman–Crippen LogP) is 3.33. The molecule has 0 N–H and O–H groups in total. The molecule has 6 heteroatoms. The zero-order valence-electron chi connectivity index (χ0n) is 13.9. The SMILES string of the molecule is CC1(/C=C/c2cc3c(n2-c2ccccn2)CCCC3=O)COC(=O)O1. The van der Waals surface area contributed by atoms with Gasteiger partial charge in [0, 0.05) is 29.6 Å². The summed E-state index contributed by atoms with van der Waals surface area (Å²) in [5.41, 5.74) is 1.77. The van der Waals surface area contributed by atoms with E-state index < -0.39 is 11.8 Å². The fourth-order valence-electron chi connectivity index (χ4n) is 3.29. The monoisotopic (exact) mass is 338 g/mol. The summed E-state index contributed by atoms with van der Waals surface area (Å²) in [6.45, 7) is 1.96. The summed E-state index contributed by atoms with van der Waals surface area (Å²) in [5.74, 6) is 0.926. The van der Waals surface area contributed by atoms with Crippen LogP contribution in [0, 0.1) is 0 Å². The normalized spacial score (nSPS) is 22.8. The van der Waals surface area contributed by atoms with Crippen molar-refractivity contribution < 1.29 is 19.1 Å². The zero-order valence-corrected chi connectivity index (χ0v) is 13.9. The predicted molar refractivity (Wildman–Crippen MR) is 90.7 cm³/mol. The van der Waals surface area contributed by atoms with Gasteiger partial charge in [0.05, 0.1) is 0 Å². The highest BCUT2D eigenvalue weighted by Gasteiger charge is 2.35. The average Bonchev–Trinajstić information content (AvgIpc) is 3.15. The summed E-state index contributed by atoms with van der Waals surface area (Å²) in [7, 11) is 0. The number of rotatable bonds is 3. The Morgan fingerprint density at radius 1 is 1.28 bits per heavy atom. The Hall–Kier alpha value is -2.89. The molecule has 4 rings (SSSR count). The summed E-state index contributed by atoms with van der Waals surface area (Å²) in [4.78, 5) is 28.0. The van der Waals surface area contributed by atoms with E-state index in [2.05, 4.69) is 4.98 Å². The molecule has 2 aromatic rings. The Labute approximate surface area is 145 Å². The molecule has 1 aliphatic carbocycles. The maximum atomic E-state index is 12.3. The number of fused-ring (bicyclic) bond motifs is 1. The van der Waals surface area contributed by atoms with E-state index in [1.54, 1.807) is 19.2 Å². The van der Waals surface area contributed by atoms with Gasteiger partial charge in [-0.25, -0.2) is 9.78 Å². The van der Waals surface area contributed by atoms with E-state index in [-0.39, 0.29) is 12.4 Å². The third-order valence-corrected chi connectivity index (χ3v) is 4.53. The lowest BCUT2D eigenvalue weighted by Gasteiger charge is -2.16. The number of Topliss-reactive ketones (excluding diaryl/α,β-unsaturated/α-hetero) is 1. The number of carbonyl (C=O) groups is 2. The summed E-state index contributed by atoms with van der Waals surface area (Å²) in [6, 6.07) is 7.58. The van der Waals surface area contributed by atoms with Gasteiger partial charge in [-0.1, -0.05) is 6.07 Å². The van der Waals surface area contributed by atoms with Gasteiger partial charge in [-0.2, -0.15) is 0 Å². The second-order valence-electron chi connectivity index (χ2n) is 6.52. The molecule has 3 heterocycles. The van der Waals surface area contributed by atoms with Crippen molar-refractivity contribution in [2.45, 2.75) is 31.8 Å². The number of pyridine rings is 1. The van der Waals surface area contributed by atoms with Gasteiger partial charge in [-0.15, -0.1) is 0 Å². The van der Waals surface area contributed by atoms with Crippen LogP contribution in [0.2, 0.25) is 0 Å². The van der Waals surface area contributed by atoms with Gasteiger partial charge in [-0.05, 0) is 50.1 Å². The summed E-state index contributed by atoms with van der Waals surface area (Å²) in [6.07, 6.45) is 6.97. The zero-order chi connectivity index (χ0) is 17.4. The van der Waals surface area contributed by atoms with E-state index in [1.807, 2.05) is 34.9 Å². The number of carbonyl (C=O) groups excluding carboxylic acids is 2. The topological polar surface area (TPSA) is 70.4 Å². The van der Waals surface area contributed by atoms with Gasteiger partial charge in [0.2, 0.25) is 0 Å². The van der Waals surface area contributed by atoms with Crippen LogP contribution in [0.5, 0.6) is 0 Å². The molecule has 6 nitrogen and oxygen atoms in total. The van der Waals surface area contributed by atoms with E-state index in [9.17, 15) is 9.59 Å². The van der Waals surface area contributed by atoms with Crippen molar-refractivity contribution in [3.63, 3.8) is 0 Å². The Kier molecular flexibility index (Phi) is 3.67. The Morgan fingerprint density at radius 3 is 2.88 bits per heavy atom. The minimum atomic E-state index is -0.805. The molecule has 1 aliphatic heterocycles. The van der Waals surface area contributed by atoms with E-state index in [1.165, 1.54) is 0 Å². The van der Waals surface area contributed by atoms with Crippen molar-refractivity contribution in [3.8, 4) is 5.82 Å². The lowest BCUT2D eigenvalue weighted by molar-refractivity contribution is 0.0968. The third-order valence-electron chi connectivity index (χ3n) is 4.53. The lowest BCUT2D eigenvalue weighted by Crippen LogP contribution is -2.23. The van der Waals surface area contributed by atoms with Crippen molar-refractivity contribution in [1.29, 1.82) is 0 Å². The maximum absolute atomic E-state index is 12.3. The third kappa shape index (κ3) is 2.84. The molecule has 1 fully saturated rings. The van der Waals surface area contributed by atoms with Crippen LogP contribution in [0.1, 0.15) is 41.5 Å². The fourth-order valence-corrected chi connectivity index (χ4v) is 3.29. The number of aromatic nitrogens is 2. The molecule has 128 valence electrons. The molecular weight excluding hydrogens is 320 g/mol. The van der Waals surface area contributed by atoms with Crippen molar-refractivity contribution in [1.82, 2.24) is 9.55 Å². The van der Waals surface area contributed by atoms with E-state index in [0.717, 1.165) is 35.6 Å². The smallest absolute Gasteiger partial charge is 0.430 e. The first-order valence-corrected chi connectivity index (χ1v) is 8.30. The number of ether oxygens (including phenoxy) is 2. The second-order valence-corrected chi connectivity index (χ2v) is 6.52. The van der Waals surface area contributed by atoms with Crippen LogP contribution in [0.4, 0.5) is 4.79 Å². The van der Waals surface area contributed by atoms with Crippen LogP contribution in [0.25, 0.3) is 11.9 Å². The molecule has 0 aromatic carbocycles. The van der Waals surface area contributed by atoms with Crippen molar-refractivity contribution >= 4 is 18.0 Å². The van der Waals surface area contributed by atoms with Gasteiger partial charge in [0.1, 0.15) is 12.4 Å². The molecule has 25 heavy (non-hydrogen) atoms. The summed E-state index contributed by atoms with van der Waals surface area (Å²) < 4.78 is 12.1. The van der Waals surface area contributed by atoms with E-state index >= 15 is 0 Å². The van der Waals surface area contributed by atoms with Crippen LogP contribution >= 0.6 is 0 Å². The number of nitrogens with zero attached hydrogens (tertiary/aromatic N) is 2. The maximum Gasteiger partial charge on any atom is 0.509 e. The van der Waals surface area contributed by atoms with E-state index in [0.29, 0.717) is 6.42 Å². The fraction of sp³-hybridized carbons (Fsp3) is 0.316. The second kappa shape index (κ2) is 5.88. The van der Waals surface area contributed by atoms with Crippen LogP contribution in [-0.2, 0) is 15.9 Å². The van der Waals surface area contributed by atoms with Gasteiger partial charge in [0.15, 0.2) is 11.4 Å². The molecule has 1 unspecified atom stereocenters. The van der Waals surface area contributed by atoms with Gasteiger partial charge >= 0.3 is 6.16 Å². The molecule has 0 spiro atoms. The molecule has 2 aromatic heterocycles. The Bertz CT molecular complexity index is 869. The molecule has 2 aliphatic rings. The van der Waals surface area contributed by atoms with Crippen LogP contribution < -0.4 is 0 Å². The highest BCUT2D eigenvalue weighted by Crippen LogP contribution is 2.30. The highest BCUT2D eigenvalue weighted by atomic mass is 16.8. The summed E-state index contributed by atoms with van der Waals surface area (Å²) in [5, 5.41) is 0. The number of hydrogen-bond acceptors (Lipinski definition) is 5. The van der Waals surface area contributed by atoms with Gasteiger partial charge in [-0.3, -0.25) is 9.36 Å². The van der Waals surface area contributed by atoms with Gasteiger partial charge < -0.3 is 9.47 Å². The molecule has 0 amide bonds. The summed E-state index contributed by atoms with van der Waals surface area (Å²) >= 11 is 0. The van der Waals surface area contributed by atoms with Crippen molar-refractivity contribution in [2.24, 2.45) is 0 Å². The molecule has 0 saturated carbocycles. The average molecular weight is 338 g/mol. The molecule has 1 atom stereocenters. The Morgan fingerprint density at radius 2 is 2.16 bits per heavy atom. The Balaban J connectivity index is 1.79. The van der Waals surface area contributed by atoms with Gasteiger partial charge in [0.25, 0.3) is 0 Å². The number of hydrogen-bond donors (Lipinski definition) is 0. The van der Waals surface area contributed by atoms with E-state index in [4.69, 9.17) is 9.47 Å². The minimum Gasteiger partial charge on any atom is -0.430 e. The van der Waals surface area contributed by atoms with Crippen molar-refractivity contribution in [2.75, 3.05) is 6.61 Å². The standard InChI is InChI=1S/C19H18N2O4/c1-19(12-24-18(23)25-19)9-8-13-11-14-15(5-4-6-16(14)22)21(13)17-7-2-3-10-20-17/h2-3,7-11H,4-6,12H2,1H3/b9-8+. The first kappa shape index (κ1) is 15.6. The number of cyclic esters (lactones) is 2. The quantitative estimate of drug-likeness (QED) is 0.803. The van der Waals surface area contributed by atoms with Crippen molar-refractivity contribution in [3.05, 3.63) is 53.5 Å². The van der Waals surface area contributed by atoms with Crippen LogP contribution in [0.3, 0.4) is 0 Å². The number of ketones is 1. The van der Waals surface area contributed by atoms with Crippen LogP contribution in [0.15, 0.2) is 36.5 Å². The highest BCUT2D eigenvalue weighted by molar-refractivity contribution is 5.99. The van der Waals surface area contributed by atoms with Crippen LogP contribution in [-0.4, -0.2) is 33.7 Å². The first-order valence-electron chi connectivity index (χ1n) is 8.30.